The van der Waals surface area contributed by atoms with E-state index in [0.717, 1.165) is 25.2 Å². The predicted molar refractivity (Wildman–Crippen MR) is 118 cm³/mol. The molecule has 2 amide bonds. The molecule has 31 heavy (non-hydrogen) atoms. The van der Waals surface area contributed by atoms with Crippen LogP contribution in [0.25, 0.3) is 0 Å². The van der Waals surface area contributed by atoms with E-state index in [2.05, 4.69) is 29.1 Å². The predicted octanol–water partition coefficient (Wildman–Crippen LogP) is 2.29. The van der Waals surface area contributed by atoms with Gasteiger partial charge >= 0.3 is 0 Å². The molecule has 7 heteroatoms. The summed E-state index contributed by atoms with van der Waals surface area (Å²) in [5, 5.41) is 4.27. The Kier molecular flexibility index (Phi) is 5.08. The topological polar surface area (TPSA) is 61.7 Å². The average molecular weight is 422 g/mol. The van der Waals surface area contributed by atoms with E-state index in [1.54, 1.807) is 10.9 Å². The minimum Gasteiger partial charge on any atom is -0.342 e. The number of carbonyl (C=O) groups is 2. The third-order valence-corrected chi connectivity index (χ3v) is 7.39. The fraction of sp³-hybridized carbons (Fsp3) is 0.542. The second kappa shape index (κ2) is 7.79. The van der Waals surface area contributed by atoms with Crippen molar-refractivity contribution >= 4 is 17.5 Å². The molecule has 3 fully saturated rings. The summed E-state index contributed by atoms with van der Waals surface area (Å²) in [6, 6.07) is 10.4. The van der Waals surface area contributed by atoms with Gasteiger partial charge in [-0.1, -0.05) is 37.3 Å². The zero-order valence-corrected chi connectivity index (χ0v) is 18.4. The van der Waals surface area contributed by atoms with E-state index in [1.807, 2.05) is 41.2 Å². The molecule has 0 N–H and O–H groups in total. The van der Waals surface area contributed by atoms with Crippen LogP contribution in [-0.4, -0.2) is 63.1 Å². The number of anilines is 1. The average Bonchev–Trinajstić information content (AvgIpc) is 3.36. The number of aryl methyl sites for hydroxylation is 1. The fourth-order valence-electron chi connectivity index (χ4n) is 5.28. The lowest BCUT2D eigenvalue weighted by Crippen LogP contribution is -2.69. The standard InChI is InChI=1S/C24H31N5O2/c1-18-14-21(18)22(30)27-10-8-24(9-11-27)23(31)29(20-15-25-26(2)17-20)13-12-28(24)16-19-6-4-3-5-7-19/h3-7,15,17-18,21H,8-14,16H2,1-2H3/t18-,21-/m0/s1. The number of piperidine rings is 1. The molecule has 0 bridgehead atoms. The molecule has 3 heterocycles. The first-order valence-corrected chi connectivity index (χ1v) is 11.4. The molecule has 2 aliphatic heterocycles. The van der Waals surface area contributed by atoms with Crippen molar-refractivity contribution in [2.45, 2.75) is 38.3 Å². The van der Waals surface area contributed by atoms with E-state index in [9.17, 15) is 9.59 Å². The second-order valence-electron chi connectivity index (χ2n) is 9.41. The highest BCUT2D eigenvalue weighted by Gasteiger charge is 2.52. The number of nitrogens with zero attached hydrogens (tertiary/aromatic N) is 5. The number of hydrogen-bond acceptors (Lipinski definition) is 4. The van der Waals surface area contributed by atoms with E-state index in [1.165, 1.54) is 5.56 Å². The van der Waals surface area contributed by atoms with Gasteiger partial charge in [-0.05, 0) is 30.7 Å². The van der Waals surface area contributed by atoms with Gasteiger partial charge in [-0.2, -0.15) is 5.10 Å². The van der Waals surface area contributed by atoms with Crippen LogP contribution < -0.4 is 4.90 Å². The highest BCUT2D eigenvalue weighted by Crippen LogP contribution is 2.42. The number of aromatic nitrogens is 2. The second-order valence-corrected chi connectivity index (χ2v) is 9.41. The minimum atomic E-state index is -0.574. The molecule has 1 aromatic heterocycles. The minimum absolute atomic E-state index is 0.148. The van der Waals surface area contributed by atoms with Gasteiger partial charge in [-0.15, -0.1) is 0 Å². The summed E-state index contributed by atoms with van der Waals surface area (Å²) in [4.78, 5) is 33.0. The molecular formula is C24H31N5O2. The summed E-state index contributed by atoms with van der Waals surface area (Å²) in [5.41, 5.74) is 1.50. The molecule has 0 radical (unpaired) electrons. The van der Waals surface area contributed by atoms with Gasteiger partial charge in [0.05, 0.1) is 11.9 Å². The van der Waals surface area contributed by atoms with Crippen molar-refractivity contribution in [3.05, 3.63) is 48.3 Å². The van der Waals surface area contributed by atoms with Crippen LogP contribution >= 0.6 is 0 Å². The summed E-state index contributed by atoms with van der Waals surface area (Å²) in [7, 11) is 1.87. The maximum atomic E-state index is 13.9. The molecule has 1 spiro atoms. The van der Waals surface area contributed by atoms with E-state index >= 15 is 0 Å². The van der Waals surface area contributed by atoms with Crippen molar-refractivity contribution in [3.63, 3.8) is 0 Å². The third kappa shape index (κ3) is 3.65. The van der Waals surface area contributed by atoms with Crippen molar-refractivity contribution in [2.75, 3.05) is 31.1 Å². The van der Waals surface area contributed by atoms with Crippen LogP contribution in [0, 0.1) is 11.8 Å². The highest BCUT2D eigenvalue weighted by atomic mass is 16.2. The normalized spacial score (nSPS) is 25.8. The lowest BCUT2D eigenvalue weighted by atomic mass is 9.81. The molecule has 3 aliphatic rings. The number of amides is 2. The molecule has 1 saturated carbocycles. The van der Waals surface area contributed by atoms with E-state index in [0.29, 0.717) is 38.4 Å². The lowest BCUT2D eigenvalue weighted by molar-refractivity contribution is -0.145. The molecular weight excluding hydrogens is 390 g/mol. The summed E-state index contributed by atoms with van der Waals surface area (Å²) >= 11 is 0. The quantitative estimate of drug-likeness (QED) is 0.760. The highest BCUT2D eigenvalue weighted by molar-refractivity contribution is 6.01. The molecule has 5 rings (SSSR count). The number of benzene rings is 1. The van der Waals surface area contributed by atoms with Crippen LogP contribution in [-0.2, 0) is 23.2 Å². The van der Waals surface area contributed by atoms with Crippen molar-refractivity contribution < 1.29 is 9.59 Å². The van der Waals surface area contributed by atoms with Gasteiger partial charge in [0.25, 0.3) is 0 Å². The Morgan fingerprint density at radius 3 is 2.45 bits per heavy atom. The van der Waals surface area contributed by atoms with Gasteiger partial charge in [0.1, 0.15) is 5.54 Å². The van der Waals surface area contributed by atoms with Crippen LogP contribution in [0.5, 0.6) is 0 Å². The first-order chi connectivity index (χ1) is 15.0. The summed E-state index contributed by atoms with van der Waals surface area (Å²) in [5.74, 6) is 1.14. The van der Waals surface area contributed by atoms with Crippen molar-refractivity contribution in [1.82, 2.24) is 19.6 Å². The van der Waals surface area contributed by atoms with Gasteiger partial charge < -0.3 is 9.80 Å². The van der Waals surface area contributed by atoms with Crippen LogP contribution in [0.15, 0.2) is 42.7 Å². The third-order valence-electron chi connectivity index (χ3n) is 7.39. The first kappa shape index (κ1) is 20.2. The monoisotopic (exact) mass is 421 g/mol. The Bertz CT molecular complexity index is 963. The number of piperazine rings is 1. The van der Waals surface area contributed by atoms with Crippen molar-refractivity contribution in [3.8, 4) is 0 Å². The molecule has 1 aromatic carbocycles. The van der Waals surface area contributed by atoms with Gasteiger partial charge in [-0.25, -0.2) is 0 Å². The molecule has 7 nitrogen and oxygen atoms in total. The van der Waals surface area contributed by atoms with Crippen LogP contribution in [0.2, 0.25) is 0 Å². The fourth-order valence-corrected chi connectivity index (χ4v) is 5.28. The number of rotatable bonds is 4. The largest absolute Gasteiger partial charge is 0.342 e. The molecule has 2 saturated heterocycles. The Morgan fingerprint density at radius 2 is 1.84 bits per heavy atom. The van der Waals surface area contributed by atoms with Gasteiger partial charge in [0, 0.05) is 51.9 Å². The number of carbonyl (C=O) groups excluding carboxylic acids is 2. The van der Waals surface area contributed by atoms with Crippen LogP contribution in [0.4, 0.5) is 5.69 Å². The van der Waals surface area contributed by atoms with E-state index < -0.39 is 5.54 Å². The number of likely N-dealkylation sites (tertiary alicyclic amines) is 1. The van der Waals surface area contributed by atoms with Gasteiger partial charge in [0.2, 0.25) is 11.8 Å². The molecule has 2 atom stereocenters. The first-order valence-electron chi connectivity index (χ1n) is 11.4. The SMILES string of the molecule is C[C@H]1C[C@@H]1C(=O)N1CCC2(CC1)C(=O)N(c1cnn(C)c1)CCN2Cc1ccccc1. The summed E-state index contributed by atoms with van der Waals surface area (Å²) in [6.45, 7) is 5.66. The number of hydrogen-bond donors (Lipinski definition) is 0. The molecule has 164 valence electrons. The zero-order valence-electron chi connectivity index (χ0n) is 18.4. The Labute approximate surface area is 183 Å². The Balaban J connectivity index is 1.40. The van der Waals surface area contributed by atoms with E-state index in [4.69, 9.17) is 0 Å². The van der Waals surface area contributed by atoms with Crippen LogP contribution in [0.3, 0.4) is 0 Å². The Morgan fingerprint density at radius 1 is 1.13 bits per heavy atom. The maximum Gasteiger partial charge on any atom is 0.247 e. The zero-order chi connectivity index (χ0) is 21.6. The van der Waals surface area contributed by atoms with E-state index in [-0.39, 0.29) is 17.7 Å². The maximum absolute atomic E-state index is 13.9. The lowest BCUT2D eigenvalue weighted by Gasteiger charge is -2.52. The van der Waals surface area contributed by atoms with Gasteiger partial charge in [-0.3, -0.25) is 19.2 Å². The van der Waals surface area contributed by atoms with Gasteiger partial charge in [0.15, 0.2) is 0 Å². The molecule has 1 aliphatic carbocycles. The van der Waals surface area contributed by atoms with Crippen LogP contribution in [0.1, 0.15) is 31.7 Å². The summed E-state index contributed by atoms with van der Waals surface area (Å²) < 4.78 is 1.74. The Hall–Kier alpha value is -2.67. The smallest absolute Gasteiger partial charge is 0.247 e. The molecule has 0 unspecified atom stereocenters. The molecule has 2 aromatic rings. The van der Waals surface area contributed by atoms with Crippen molar-refractivity contribution in [2.24, 2.45) is 18.9 Å². The summed E-state index contributed by atoms with van der Waals surface area (Å²) in [6.07, 6.45) is 6.05. The van der Waals surface area contributed by atoms with Crippen molar-refractivity contribution in [1.29, 1.82) is 0 Å².